The number of para-hydroxylation sites is 1. The molecule has 4 aromatic carbocycles. The second-order valence-electron chi connectivity index (χ2n) is 8.14. The molecule has 4 aromatic rings. The first kappa shape index (κ1) is 21.9. The smallest absolute Gasteiger partial charge is 0.258 e. The fraction of sp³-hybridized carbons (Fsp3) is 0.0690. The van der Waals surface area contributed by atoms with Crippen LogP contribution in [0.2, 0.25) is 0 Å². The SMILES string of the molecule is N#Cc1ccccc1-c1ccc(CN2Cc3cccc(Oc4c(F)cccc4C#N)c3C2=O)cc1. The maximum Gasteiger partial charge on any atom is 0.258 e. The van der Waals surface area contributed by atoms with Gasteiger partial charge < -0.3 is 9.64 Å². The molecule has 1 amide bonds. The van der Waals surface area contributed by atoms with Crippen molar-refractivity contribution in [2.75, 3.05) is 0 Å². The fourth-order valence-electron chi connectivity index (χ4n) is 4.25. The topological polar surface area (TPSA) is 77.1 Å². The highest BCUT2D eigenvalue weighted by Crippen LogP contribution is 2.36. The molecule has 1 heterocycles. The zero-order valence-corrected chi connectivity index (χ0v) is 18.5. The van der Waals surface area contributed by atoms with E-state index in [2.05, 4.69) is 6.07 Å². The summed E-state index contributed by atoms with van der Waals surface area (Å²) in [6.07, 6.45) is 0. The second-order valence-corrected chi connectivity index (χ2v) is 8.14. The molecule has 0 fully saturated rings. The van der Waals surface area contributed by atoms with Gasteiger partial charge in [0.25, 0.3) is 5.91 Å². The molecule has 168 valence electrons. The van der Waals surface area contributed by atoms with Crippen molar-refractivity contribution < 1.29 is 13.9 Å². The summed E-state index contributed by atoms with van der Waals surface area (Å²) in [5, 5.41) is 18.7. The lowest BCUT2D eigenvalue weighted by atomic mass is 9.99. The van der Waals surface area contributed by atoms with Gasteiger partial charge in [-0.1, -0.05) is 60.7 Å². The predicted molar refractivity (Wildman–Crippen MR) is 128 cm³/mol. The maximum absolute atomic E-state index is 14.3. The number of ether oxygens (including phenoxy) is 1. The number of rotatable bonds is 5. The molecule has 0 radical (unpaired) electrons. The molecule has 6 heteroatoms. The Morgan fingerprint density at radius 1 is 0.857 bits per heavy atom. The van der Waals surface area contributed by atoms with Crippen molar-refractivity contribution in [2.24, 2.45) is 0 Å². The minimum atomic E-state index is -0.665. The van der Waals surface area contributed by atoms with Crippen LogP contribution in [0.4, 0.5) is 4.39 Å². The summed E-state index contributed by atoms with van der Waals surface area (Å²) in [5.41, 5.74) is 4.54. The van der Waals surface area contributed by atoms with Gasteiger partial charge in [-0.15, -0.1) is 0 Å². The number of nitrogens with zero attached hydrogens (tertiary/aromatic N) is 3. The van der Waals surface area contributed by atoms with Gasteiger partial charge in [0.1, 0.15) is 11.8 Å². The van der Waals surface area contributed by atoms with Gasteiger partial charge in [-0.3, -0.25) is 4.79 Å². The highest BCUT2D eigenvalue weighted by molar-refractivity contribution is 6.01. The van der Waals surface area contributed by atoms with Crippen LogP contribution in [-0.4, -0.2) is 10.8 Å². The molecular weight excluding hydrogens is 441 g/mol. The van der Waals surface area contributed by atoms with E-state index in [-0.39, 0.29) is 23.0 Å². The summed E-state index contributed by atoms with van der Waals surface area (Å²) in [5.74, 6) is -0.852. The quantitative estimate of drug-likeness (QED) is 0.357. The molecule has 5 nitrogen and oxygen atoms in total. The van der Waals surface area contributed by atoms with Crippen molar-refractivity contribution in [3.63, 3.8) is 0 Å². The van der Waals surface area contributed by atoms with Crippen LogP contribution >= 0.6 is 0 Å². The molecule has 0 aliphatic carbocycles. The maximum atomic E-state index is 14.3. The number of carbonyl (C=O) groups is 1. The Kier molecular flexibility index (Phi) is 5.71. The Bertz CT molecular complexity index is 1530. The average Bonchev–Trinajstić information content (AvgIpc) is 3.21. The molecule has 0 aromatic heterocycles. The van der Waals surface area contributed by atoms with Crippen LogP contribution < -0.4 is 4.74 Å². The van der Waals surface area contributed by atoms with Crippen molar-refractivity contribution in [2.45, 2.75) is 13.1 Å². The molecule has 0 atom stereocenters. The molecule has 1 aliphatic heterocycles. The molecule has 35 heavy (non-hydrogen) atoms. The second kappa shape index (κ2) is 9.13. The van der Waals surface area contributed by atoms with E-state index in [1.165, 1.54) is 18.2 Å². The largest absolute Gasteiger partial charge is 0.452 e. The summed E-state index contributed by atoms with van der Waals surface area (Å²) in [4.78, 5) is 15.0. The number of fused-ring (bicyclic) bond motifs is 1. The van der Waals surface area contributed by atoms with E-state index in [0.717, 1.165) is 22.3 Å². The van der Waals surface area contributed by atoms with E-state index in [1.807, 2.05) is 54.6 Å². The van der Waals surface area contributed by atoms with Crippen LogP contribution in [0.25, 0.3) is 11.1 Å². The standard InChI is InChI=1S/C29H18FN3O2/c30-25-9-3-6-22(16-32)28(25)35-26-10-4-7-23-18-33(29(34)27(23)26)17-19-11-13-20(14-12-19)24-8-2-1-5-21(24)15-31/h1-14H,17-18H2. The summed E-state index contributed by atoms with van der Waals surface area (Å²) in [7, 11) is 0. The Labute approximate surface area is 201 Å². The summed E-state index contributed by atoms with van der Waals surface area (Å²) < 4.78 is 20.1. The molecule has 1 aliphatic rings. The van der Waals surface area contributed by atoms with Crippen LogP contribution in [0.3, 0.4) is 0 Å². The van der Waals surface area contributed by atoms with E-state index in [9.17, 15) is 19.7 Å². The number of carbonyl (C=O) groups excluding carboxylic acids is 1. The number of halogens is 1. The number of nitriles is 2. The zero-order chi connectivity index (χ0) is 24.4. The van der Waals surface area contributed by atoms with Crippen molar-refractivity contribution in [3.8, 4) is 34.8 Å². The average molecular weight is 459 g/mol. The first-order chi connectivity index (χ1) is 17.1. The van der Waals surface area contributed by atoms with Gasteiger partial charge in [-0.25, -0.2) is 4.39 Å². The van der Waals surface area contributed by atoms with Gasteiger partial charge in [0, 0.05) is 13.1 Å². The molecule has 0 saturated carbocycles. The molecule has 0 bridgehead atoms. The molecular formula is C29H18FN3O2. The van der Waals surface area contributed by atoms with E-state index in [0.29, 0.717) is 24.2 Å². The third-order valence-corrected chi connectivity index (χ3v) is 5.96. The number of hydrogen-bond acceptors (Lipinski definition) is 4. The Balaban J connectivity index is 1.38. The number of hydrogen-bond donors (Lipinski definition) is 0. The lowest BCUT2D eigenvalue weighted by molar-refractivity contribution is 0.0764. The Hall–Kier alpha value is -4.94. The molecule has 0 N–H and O–H groups in total. The lowest BCUT2D eigenvalue weighted by Gasteiger charge is -2.16. The summed E-state index contributed by atoms with van der Waals surface area (Å²) in [6.45, 7) is 0.781. The van der Waals surface area contributed by atoms with Gasteiger partial charge in [0.2, 0.25) is 0 Å². The van der Waals surface area contributed by atoms with Gasteiger partial charge in [0.05, 0.1) is 22.8 Å². The van der Waals surface area contributed by atoms with Crippen LogP contribution in [0.5, 0.6) is 11.5 Å². The van der Waals surface area contributed by atoms with Crippen LogP contribution in [0, 0.1) is 28.5 Å². The van der Waals surface area contributed by atoms with Gasteiger partial charge in [0.15, 0.2) is 11.6 Å². The number of benzene rings is 4. The monoisotopic (exact) mass is 459 g/mol. The molecule has 5 rings (SSSR count). The first-order valence-corrected chi connectivity index (χ1v) is 10.9. The minimum Gasteiger partial charge on any atom is -0.452 e. The highest BCUT2D eigenvalue weighted by atomic mass is 19.1. The van der Waals surface area contributed by atoms with Gasteiger partial charge in [-0.2, -0.15) is 10.5 Å². The summed E-state index contributed by atoms with van der Waals surface area (Å²) >= 11 is 0. The molecule has 0 unspecified atom stereocenters. The van der Waals surface area contributed by atoms with Crippen molar-refractivity contribution >= 4 is 5.91 Å². The zero-order valence-electron chi connectivity index (χ0n) is 18.5. The van der Waals surface area contributed by atoms with Crippen molar-refractivity contribution in [1.29, 1.82) is 10.5 Å². The van der Waals surface area contributed by atoms with Crippen LogP contribution in [-0.2, 0) is 13.1 Å². The van der Waals surface area contributed by atoms with E-state index in [4.69, 9.17) is 4.74 Å². The van der Waals surface area contributed by atoms with Gasteiger partial charge >= 0.3 is 0 Å². The van der Waals surface area contributed by atoms with Crippen molar-refractivity contribution in [3.05, 3.63) is 119 Å². The van der Waals surface area contributed by atoms with E-state index < -0.39 is 5.82 Å². The minimum absolute atomic E-state index is 0.0583. The van der Waals surface area contributed by atoms with E-state index in [1.54, 1.807) is 23.1 Å². The fourth-order valence-corrected chi connectivity index (χ4v) is 4.25. The number of amides is 1. The highest BCUT2D eigenvalue weighted by Gasteiger charge is 2.31. The summed E-state index contributed by atoms with van der Waals surface area (Å²) in [6, 6.07) is 28.6. The van der Waals surface area contributed by atoms with Crippen LogP contribution in [0.1, 0.15) is 32.6 Å². The third kappa shape index (κ3) is 4.10. The molecule has 0 spiro atoms. The van der Waals surface area contributed by atoms with Gasteiger partial charge in [-0.05, 0) is 46.5 Å². The third-order valence-electron chi connectivity index (χ3n) is 5.96. The Morgan fingerprint density at radius 3 is 2.34 bits per heavy atom. The van der Waals surface area contributed by atoms with E-state index >= 15 is 0 Å². The lowest BCUT2D eigenvalue weighted by Crippen LogP contribution is -2.23. The normalized spacial score (nSPS) is 12.1. The predicted octanol–water partition coefficient (Wildman–Crippen LogP) is 6.18. The van der Waals surface area contributed by atoms with Crippen molar-refractivity contribution in [1.82, 2.24) is 4.90 Å². The Morgan fingerprint density at radius 2 is 1.57 bits per heavy atom. The first-order valence-electron chi connectivity index (χ1n) is 10.9. The van der Waals surface area contributed by atoms with Crippen LogP contribution in [0.15, 0.2) is 84.9 Å². The molecule has 0 saturated heterocycles.